The number of amides is 3. The molecule has 3 aliphatic heterocycles. The predicted octanol–water partition coefficient (Wildman–Crippen LogP) is 4.80. The summed E-state index contributed by atoms with van der Waals surface area (Å²) in [5.74, 6) is -0.726. The van der Waals surface area contributed by atoms with E-state index < -0.39 is 23.7 Å². The minimum Gasteiger partial charge on any atom is -0.508 e. The van der Waals surface area contributed by atoms with E-state index in [1.807, 2.05) is 18.2 Å². The Bertz CT molecular complexity index is 1640. The number of benzene rings is 3. The summed E-state index contributed by atoms with van der Waals surface area (Å²) in [6.07, 6.45) is -3.13. The highest BCUT2D eigenvalue weighted by atomic mass is 19.4. The Morgan fingerprint density at radius 2 is 1.69 bits per heavy atom. The third-order valence-corrected chi connectivity index (χ3v) is 9.69. The van der Waals surface area contributed by atoms with Crippen molar-refractivity contribution in [2.45, 2.75) is 38.0 Å². The molecule has 254 valence electrons. The summed E-state index contributed by atoms with van der Waals surface area (Å²) in [4.78, 5) is 46.4. The van der Waals surface area contributed by atoms with Crippen molar-refractivity contribution in [3.63, 3.8) is 0 Å². The lowest BCUT2D eigenvalue weighted by Gasteiger charge is -2.43. The zero-order valence-corrected chi connectivity index (χ0v) is 26.5. The van der Waals surface area contributed by atoms with Gasteiger partial charge < -0.3 is 25.0 Å². The van der Waals surface area contributed by atoms with Crippen molar-refractivity contribution in [2.24, 2.45) is 11.8 Å². The van der Waals surface area contributed by atoms with Crippen molar-refractivity contribution in [1.29, 1.82) is 0 Å². The molecule has 2 fully saturated rings. The lowest BCUT2D eigenvalue weighted by Crippen LogP contribution is -2.59. The highest BCUT2D eigenvalue weighted by Crippen LogP contribution is 2.35. The van der Waals surface area contributed by atoms with E-state index in [1.54, 1.807) is 46.2 Å². The molecule has 0 unspecified atom stereocenters. The first-order valence-electron chi connectivity index (χ1n) is 16.3. The van der Waals surface area contributed by atoms with Crippen LogP contribution >= 0.6 is 0 Å². The third kappa shape index (κ3) is 7.59. The van der Waals surface area contributed by atoms with Crippen molar-refractivity contribution in [3.05, 3.63) is 95.1 Å². The van der Waals surface area contributed by atoms with Gasteiger partial charge in [0.1, 0.15) is 18.1 Å². The number of piperazine rings is 1. The van der Waals surface area contributed by atoms with E-state index >= 15 is 0 Å². The Kier molecular flexibility index (Phi) is 9.91. The number of rotatable bonds is 3. The average Bonchev–Trinajstić information content (AvgIpc) is 3.08. The monoisotopic (exact) mass is 664 g/mol. The summed E-state index contributed by atoms with van der Waals surface area (Å²) in [5, 5.41) is 13.1. The molecular weight excluding hydrogens is 625 g/mol. The van der Waals surface area contributed by atoms with Gasteiger partial charge >= 0.3 is 6.18 Å². The summed E-state index contributed by atoms with van der Waals surface area (Å²) >= 11 is 0. The molecule has 48 heavy (non-hydrogen) atoms. The number of carbonyl (C=O) groups is 3. The molecule has 2 N–H and O–H groups in total. The smallest absolute Gasteiger partial charge is 0.416 e. The van der Waals surface area contributed by atoms with Crippen molar-refractivity contribution in [1.82, 2.24) is 20.0 Å². The molecule has 3 atom stereocenters. The third-order valence-electron chi connectivity index (χ3n) is 9.69. The summed E-state index contributed by atoms with van der Waals surface area (Å²) in [7, 11) is 0. The van der Waals surface area contributed by atoms with Crippen molar-refractivity contribution < 1.29 is 37.4 Å². The fourth-order valence-electron chi connectivity index (χ4n) is 7.06. The molecule has 0 aliphatic carbocycles. The number of phenols is 1. The molecule has 6 rings (SSSR count). The number of phenolic OH excluding ortho intramolecular Hbond substituents is 1. The maximum atomic E-state index is 14.0. The number of halogens is 3. The summed E-state index contributed by atoms with van der Waals surface area (Å²) in [5.41, 5.74) is 0.0970. The van der Waals surface area contributed by atoms with Crippen LogP contribution in [0.4, 0.5) is 13.2 Å². The molecule has 3 aliphatic rings. The number of nitrogens with one attached hydrogen (secondary N) is 1. The number of carbonyl (C=O) groups excluding carboxylic acids is 3. The molecule has 12 heteroatoms. The number of alkyl halides is 3. The zero-order chi connectivity index (χ0) is 33.8. The highest BCUT2D eigenvalue weighted by molar-refractivity contribution is 5.97. The molecular formula is C36H39F3N4O5. The van der Waals surface area contributed by atoms with Crippen LogP contribution in [0.2, 0.25) is 0 Å². The van der Waals surface area contributed by atoms with Crippen LogP contribution in [0.5, 0.6) is 11.5 Å². The first-order chi connectivity index (χ1) is 23.1. The van der Waals surface area contributed by atoms with E-state index in [4.69, 9.17) is 4.74 Å². The van der Waals surface area contributed by atoms with Crippen LogP contribution in [0.3, 0.4) is 0 Å². The maximum Gasteiger partial charge on any atom is 0.416 e. The number of nitrogens with zero attached hydrogens (tertiary/aromatic N) is 3. The Hall–Kier alpha value is -4.58. The Morgan fingerprint density at radius 3 is 2.46 bits per heavy atom. The first-order valence-corrected chi connectivity index (χ1v) is 16.3. The molecule has 3 aromatic rings. The average molecular weight is 665 g/mol. The Labute approximate surface area is 277 Å². The summed E-state index contributed by atoms with van der Waals surface area (Å²) in [6.45, 7) is 2.74. The first kappa shape index (κ1) is 33.3. The number of fused-ring (bicyclic) bond motifs is 3. The SMILES string of the molecule is O=C1NCC[C@H]2CN(Cc3ccccc3O)CC[C@H]2CC(=O)N2CCN(C(=O)c3ccccc3)C[C@H]2COc2ccc(C(F)(F)F)cc21. The van der Waals surface area contributed by atoms with E-state index in [0.717, 1.165) is 30.2 Å². The van der Waals surface area contributed by atoms with Gasteiger partial charge in [-0.3, -0.25) is 19.3 Å². The van der Waals surface area contributed by atoms with Crippen LogP contribution in [-0.2, 0) is 17.5 Å². The largest absolute Gasteiger partial charge is 0.508 e. The highest BCUT2D eigenvalue weighted by Gasteiger charge is 2.38. The maximum absolute atomic E-state index is 14.0. The fraction of sp³-hybridized carbons (Fsp3) is 0.417. The van der Waals surface area contributed by atoms with Crippen LogP contribution < -0.4 is 10.1 Å². The number of ether oxygens (including phenoxy) is 1. The van der Waals surface area contributed by atoms with Gasteiger partial charge in [-0.1, -0.05) is 36.4 Å². The van der Waals surface area contributed by atoms with E-state index in [0.29, 0.717) is 38.2 Å². The normalized spacial score (nSPS) is 22.8. The van der Waals surface area contributed by atoms with Gasteiger partial charge in [-0.2, -0.15) is 13.2 Å². The molecule has 3 aromatic carbocycles. The molecule has 0 bridgehead atoms. The molecule has 0 radical (unpaired) electrons. The van der Waals surface area contributed by atoms with E-state index in [1.165, 1.54) is 0 Å². The number of likely N-dealkylation sites (tertiary alicyclic amines) is 1. The molecule has 9 nitrogen and oxygen atoms in total. The van der Waals surface area contributed by atoms with E-state index in [9.17, 15) is 32.7 Å². The summed E-state index contributed by atoms with van der Waals surface area (Å²) in [6, 6.07) is 18.2. The molecule has 0 saturated carbocycles. The molecule has 3 amide bonds. The van der Waals surface area contributed by atoms with Gasteiger partial charge in [-0.15, -0.1) is 0 Å². The minimum atomic E-state index is -4.66. The van der Waals surface area contributed by atoms with E-state index in [2.05, 4.69) is 10.2 Å². The van der Waals surface area contributed by atoms with Crippen molar-refractivity contribution in [3.8, 4) is 11.5 Å². The fourth-order valence-corrected chi connectivity index (χ4v) is 7.06. The second kappa shape index (κ2) is 14.3. The molecule has 2 saturated heterocycles. The number of aromatic hydroxyl groups is 1. The van der Waals surface area contributed by atoms with Gasteiger partial charge in [0.05, 0.1) is 17.2 Å². The predicted molar refractivity (Wildman–Crippen MR) is 171 cm³/mol. The Balaban J connectivity index is 1.28. The second-order valence-electron chi connectivity index (χ2n) is 12.8. The van der Waals surface area contributed by atoms with Crippen LogP contribution in [0.15, 0.2) is 72.8 Å². The number of hydrogen-bond acceptors (Lipinski definition) is 6. The lowest BCUT2D eigenvalue weighted by atomic mass is 9.80. The van der Waals surface area contributed by atoms with Gasteiger partial charge in [0, 0.05) is 56.8 Å². The zero-order valence-electron chi connectivity index (χ0n) is 26.5. The molecule has 0 aromatic heterocycles. The van der Waals surface area contributed by atoms with Gasteiger partial charge in [0.2, 0.25) is 5.91 Å². The second-order valence-corrected chi connectivity index (χ2v) is 12.8. The minimum absolute atomic E-state index is 0.00706. The van der Waals surface area contributed by atoms with Gasteiger partial charge in [0.25, 0.3) is 11.8 Å². The number of piperidine rings is 1. The Morgan fingerprint density at radius 1 is 0.917 bits per heavy atom. The lowest BCUT2D eigenvalue weighted by molar-refractivity contribution is -0.139. The van der Waals surface area contributed by atoms with Crippen LogP contribution in [-0.4, -0.2) is 89.4 Å². The van der Waals surface area contributed by atoms with Gasteiger partial charge in [-0.25, -0.2) is 0 Å². The van der Waals surface area contributed by atoms with Gasteiger partial charge in [0.15, 0.2) is 0 Å². The van der Waals surface area contributed by atoms with Crippen LogP contribution in [0, 0.1) is 11.8 Å². The topological polar surface area (TPSA) is 102 Å². The van der Waals surface area contributed by atoms with E-state index in [-0.39, 0.29) is 73.4 Å². The molecule has 3 heterocycles. The number of hydrogen-bond donors (Lipinski definition) is 2. The molecule has 0 spiro atoms. The standard InChI is InChI=1S/C36H39F3N4O5/c37-36(38,39)28-10-11-32-30(19-28)34(46)40-14-12-26-20-41(21-27-8-4-5-9-31(27)44)15-13-25(26)18-33(45)43-17-16-42(22-29(43)23-48-32)35(47)24-6-2-1-3-7-24/h1-11,19,25-26,29,44H,12-18,20-23H2,(H,40,46)/t25-,26-,29-/m0/s1. The van der Waals surface area contributed by atoms with Crippen LogP contribution in [0.1, 0.15) is 51.1 Å². The van der Waals surface area contributed by atoms with Gasteiger partial charge in [-0.05, 0) is 67.6 Å². The quantitative estimate of drug-likeness (QED) is 0.417. The van der Waals surface area contributed by atoms with Crippen molar-refractivity contribution >= 4 is 17.7 Å². The van der Waals surface area contributed by atoms with Crippen molar-refractivity contribution in [2.75, 3.05) is 45.9 Å². The number of para-hydroxylation sites is 1. The van der Waals surface area contributed by atoms with Crippen LogP contribution in [0.25, 0.3) is 0 Å². The summed E-state index contributed by atoms with van der Waals surface area (Å²) < 4.78 is 47.1.